The third-order valence-corrected chi connectivity index (χ3v) is 5.38. The second-order valence-corrected chi connectivity index (χ2v) is 7.21. The third-order valence-electron chi connectivity index (χ3n) is 5.38. The van der Waals surface area contributed by atoms with Gasteiger partial charge >= 0.3 is 0 Å². The molecule has 0 saturated heterocycles. The zero-order chi connectivity index (χ0) is 20.4. The van der Waals surface area contributed by atoms with Crippen molar-refractivity contribution in [1.82, 2.24) is 9.47 Å². The second kappa shape index (κ2) is 7.97. The highest BCUT2D eigenvalue weighted by atomic mass is 16.6. The Labute approximate surface area is 168 Å². The highest BCUT2D eigenvalue weighted by Crippen LogP contribution is 2.37. The van der Waals surface area contributed by atoms with Crippen molar-refractivity contribution in [2.75, 3.05) is 13.7 Å². The lowest BCUT2D eigenvalue weighted by Crippen LogP contribution is -2.29. The summed E-state index contributed by atoms with van der Waals surface area (Å²) < 4.78 is 7.43. The van der Waals surface area contributed by atoms with E-state index >= 15 is 0 Å². The van der Waals surface area contributed by atoms with Crippen molar-refractivity contribution in [3.8, 4) is 11.5 Å². The minimum atomic E-state index is -0.365. The van der Waals surface area contributed by atoms with Gasteiger partial charge in [-0.15, -0.1) is 0 Å². The quantitative estimate of drug-likeness (QED) is 0.521. The van der Waals surface area contributed by atoms with Gasteiger partial charge in [0.25, 0.3) is 5.69 Å². The van der Waals surface area contributed by atoms with Crippen LogP contribution in [-0.2, 0) is 13.1 Å². The summed E-state index contributed by atoms with van der Waals surface area (Å²) in [6, 6.07) is 16.3. The van der Waals surface area contributed by atoms with Gasteiger partial charge in [0, 0.05) is 43.7 Å². The van der Waals surface area contributed by atoms with E-state index in [0.717, 1.165) is 36.3 Å². The van der Waals surface area contributed by atoms with Gasteiger partial charge in [-0.2, -0.15) is 0 Å². The number of aryl methyl sites for hydroxylation is 1. The van der Waals surface area contributed by atoms with E-state index in [4.69, 9.17) is 4.74 Å². The van der Waals surface area contributed by atoms with Gasteiger partial charge in [0.15, 0.2) is 11.5 Å². The lowest BCUT2D eigenvalue weighted by molar-refractivity contribution is -0.384. The van der Waals surface area contributed by atoms with E-state index in [2.05, 4.69) is 21.7 Å². The van der Waals surface area contributed by atoms with Crippen LogP contribution in [0.4, 0.5) is 5.69 Å². The Morgan fingerprint density at radius 3 is 2.79 bits per heavy atom. The Hall–Kier alpha value is -3.32. The molecule has 0 radical (unpaired) electrons. The van der Waals surface area contributed by atoms with Gasteiger partial charge in [0.05, 0.1) is 18.1 Å². The molecule has 1 aliphatic rings. The van der Waals surface area contributed by atoms with Crippen molar-refractivity contribution in [3.63, 3.8) is 0 Å². The highest BCUT2D eigenvalue weighted by Gasteiger charge is 2.28. The fraction of sp³-hybridized carbons (Fsp3) is 0.273. The molecule has 2 aromatic carbocycles. The number of nitrogens with zero attached hydrogens (tertiary/aromatic N) is 3. The second-order valence-electron chi connectivity index (χ2n) is 7.21. The lowest BCUT2D eigenvalue weighted by Gasteiger charge is -2.31. The van der Waals surface area contributed by atoms with Crippen LogP contribution < -0.4 is 4.74 Å². The maximum atomic E-state index is 11.2. The van der Waals surface area contributed by atoms with E-state index < -0.39 is 0 Å². The number of aromatic nitrogens is 1. The number of rotatable bonds is 5. The molecule has 1 N–H and O–H groups in total. The van der Waals surface area contributed by atoms with Gasteiger partial charge in [0.2, 0.25) is 0 Å². The number of methoxy groups -OCH3 is 1. The van der Waals surface area contributed by atoms with Crippen LogP contribution in [0.2, 0.25) is 0 Å². The van der Waals surface area contributed by atoms with Gasteiger partial charge in [-0.1, -0.05) is 18.2 Å². The number of phenolic OH excluding ortho intramolecular Hbond substituents is 1. The van der Waals surface area contributed by atoms with Crippen LogP contribution in [-0.4, -0.2) is 33.2 Å². The number of aromatic hydroxyl groups is 1. The molecule has 7 heteroatoms. The van der Waals surface area contributed by atoms with Gasteiger partial charge in [0.1, 0.15) is 0 Å². The van der Waals surface area contributed by atoms with Crippen LogP contribution in [0.1, 0.15) is 29.3 Å². The first-order valence-electron chi connectivity index (χ1n) is 9.56. The van der Waals surface area contributed by atoms with Crippen molar-refractivity contribution in [1.29, 1.82) is 0 Å². The largest absolute Gasteiger partial charge is 0.504 e. The van der Waals surface area contributed by atoms with Crippen LogP contribution in [0, 0.1) is 10.1 Å². The number of ether oxygens (including phenoxy) is 1. The molecule has 1 unspecified atom stereocenters. The average Bonchev–Trinajstić information content (AvgIpc) is 3.09. The molecule has 0 saturated carbocycles. The van der Waals surface area contributed by atoms with E-state index in [1.165, 1.54) is 13.2 Å². The summed E-state index contributed by atoms with van der Waals surface area (Å²) in [5.74, 6) is 0.533. The van der Waals surface area contributed by atoms with E-state index in [1.807, 2.05) is 18.2 Å². The van der Waals surface area contributed by atoms with E-state index in [9.17, 15) is 15.2 Å². The van der Waals surface area contributed by atoms with Crippen LogP contribution in [0.3, 0.4) is 0 Å². The number of hydrogen-bond donors (Lipinski definition) is 1. The predicted octanol–water partition coefficient (Wildman–Crippen LogP) is 4.11. The molecule has 0 fully saturated rings. The summed E-state index contributed by atoms with van der Waals surface area (Å²) in [6.07, 6.45) is 3.04. The Balaban J connectivity index is 1.74. The Bertz CT molecular complexity index is 1030. The SMILES string of the molecule is COc1ccc(C2c3cccn3CCCN2Cc2cccc([N+](=O)[O-])c2)cc1O. The monoisotopic (exact) mass is 393 g/mol. The van der Waals surface area contributed by atoms with Crippen molar-refractivity contribution in [3.05, 3.63) is 87.7 Å². The minimum Gasteiger partial charge on any atom is -0.504 e. The number of nitro groups is 1. The van der Waals surface area contributed by atoms with Gasteiger partial charge in [-0.3, -0.25) is 15.0 Å². The van der Waals surface area contributed by atoms with Crippen molar-refractivity contribution < 1.29 is 14.8 Å². The molecule has 0 bridgehead atoms. The summed E-state index contributed by atoms with van der Waals surface area (Å²) >= 11 is 0. The van der Waals surface area contributed by atoms with Crippen molar-refractivity contribution in [2.45, 2.75) is 25.6 Å². The standard InChI is InChI=1S/C22H23N3O4/c1-29-21-9-8-17(14-20(21)26)22-19-7-3-10-23(19)11-4-12-24(22)15-16-5-2-6-18(13-16)25(27)28/h2-3,5-10,13-14,22,26H,4,11-12,15H2,1H3. The maximum Gasteiger partial charge on any atom is 0.269 e. The molecule has 7 nitrogen and oxygen atoms in total. The topological polar surface area (TPSA) is 80.8 Å². The number of benzene rings is 2. The summed E-state index contributed by atoms with van der Waals surface area (Å²) in [5, 5.41) is 21.5. The number of non-ortho nitro benzene ring substituents is 1. The molecule has 1 aliphatic heterocycles. The van der Waals surface area contributed by atoms with Crippen LogP contribution in [0.15, 0.2) is 60.8 Å². The van der Waals surface area contributed by atoms with Crippen LogP contribution >= 0.6 is 0 Å². The summed E-state index contributed by atoms with van der Waals surface area (Å²) in [6.45, 7) is 2.32. The first-order valence-corrected chi connectivity index (χ1v) is 9.56. The van der Waals surface area contributed by atoms with Crippen LogP contribution in [0.25, 0.3) is 0 Å². The average molecular weight is 393 g/mol. The zero-order valence-corrected chi connectivity index (χ0v) is 16.2. The molecule has 3 aromatic rings. The minimum absolute atomic E-state index is 0.0800. The summed E-state index contributed by atoms with van der Waals surface area (Å²) in [7, 11) is 1.53. The van der Waals surface area contributed by atoms with Crippen molar-refractivity contribution in [2.24, 2.45) is 0 Å². The Morgan fingerprint density at radius 1 is 1.17 bits per heavy atom. The molecule has 0 aliphatic carbocycles. The van der Waals surface area contributed by atoms with E-state index in [1.54, 1.807) is 24.3 Å². The van der Waals surface area contributed by atoms with E-state index in [0.29, 0.717) is 12.3 Å². The summed E-state index contributed by atoms with van der Waals surface area (Å²) in [5.41, 5.74) is 3.08. The first kappa shape index (κ1) is 19.0. The molecule has 0 spiro atoms. The molecule has 29 heavy (non-hydrogen) atoms. The molecule has 2 heterocycles. The normalized spacial score (nSPS) is 16.8. The third kappa shape index (κ3) is 3.82. The molecule has 1 atom stereocenters. The number of phenols is 1. The number of fused-ring (bicyclic) bond motifs is 1. The molecule has 150 valence electrons. The Kier molecular flexibility index (Phi) is 5.22. The van der Waals surface area contributed by atoms with Gasteiger partial charge in [-0.25, -0.2) is 0 Å². The first-order chi connectivity index (χ1) is 14.1. The lowest BCUT2D eigenvalue weighted by atomic mass is 10.0. The molecule has 4 rings (SSSR count). The summed E-state index contributed by atoms with van der Waals surface area (Å²) in [4.78, 5) is 13.1. The molecule has 1 aromatic heterocycles. The number of nitro benzene ring substituents is 1. The van der Waals surface area contributed by atoms with Gasteiger partial charge < -0.3 is 14.4 Å². The number of hydrogen-bond acceptors (Lipinski definition) is 5. The van der Waals surface area contributed by atoms with E-state index in [-0.39, 0.29) is 22.4 Å². The zero-order valence-electron chi connectivity index (χ0n) is 16.2. The molecular weight excluding hydrogens is 370 g/mol. The fourth-order valence-corrected chi connectivity index (χ4v) is 4.07. The fourth-order valence-electron chi connectivity index (χ4n) is 4.07. The Morgan fingerprint density at radius 2 is 2.03 bits per heavy atom. The van der Waals surface area contributed by atoms with Crippen LogP contribution in [0.5, 0.6) is 11.5 Å². The highest BCUT2D eigenvalue weighted by molar-refractivity contribution is 5.45. The maximum absolute atomic E-state index is 11.2. The van der Waals surface area contributed by atoms with Crippen molar-refractivity contribution >= 4 is 5.69 Å². The van der Waals surface area contributed by atoms with Gasteiger partial charge in [-0.05, 0) is 41.8 Å². The molecule has 0 amide bonds. The smallest absolute Gasteiger partial charge is 0.269 e. The predicted molar refractivity (Wildman–Crippen MR) is 109 cm³/mol. The molecular formula is C22H23N3O4.